The van der Waals surface area contributed by atoms with Crippen molar-refractivity contribution in [2.45, 2.75) is 130 Å². The zero-order valence-electron chi connectivity index (χ0n) is 46.0. The van der Waals surface area contributed by atoms with Crippen LogP contribution >= 0.6 is 11.3 Å². The van der Waals surface area contributed by atoms with Crippen molar-refractivity contribution in [1.82, 2.24) is 55.6 Å². The molecule has 0 saturated carbocycles. The Hall–Kier alpha value is -7.75. The lowest BCUT2D eigenvalue weighted by Gasteiger charge is -2.35. The summed E-state index contributed by atoms with van der Waals surface area (Å²) in [4.78, 5) is 69.0. The summed E-state index contributed by atoms with van der Waals surface area (Å²) in [6, 6.07) is 23.0. The summed E-state index contributed by atoms with van der Waals surface area (Å²) in [7, 11) is 1.88. The van der Waals surface area contributed by atoms with Crippen LogP contribution in [0, 0.1) is 12.3 Å². The summed E-state index contributed by atoms with van der Waals surface area (Å²) in [5.41, 5.74) is 13.9. The zero-order valence-corrected chi connectivity index (χ0v) is 46.8. The van der Waals surface area contributed by atoms with Crippen molar-refractivity contribution >= 4 is 40.7 Å². The summed E-state index contributed by atoms with van der Waals surface area (Å²) in [6.45, 7) is 9.85. The molecule has 420 valence electrons. The SMILES string of the molecule is Cc1ncsc1-c1ccc(CNC(=O)[C@@H]2C[C@@H](O)CN2C(=O)[C@@H](NC(=O)CCCC/C(N)=C/N(N)CCCCCCCOc2cccc(CNC(=O)c3cccc(NCc4nnc(-c5ccncn5)n4C)c3)c2)C(C)(C)C)cc1. The number of hydrogen-bond donors (Lipinski definition) is 7. The number of aryl methyl sites for hydroxylation is 1. The van der Waals surface area contributed by atoms with Gasteiger partial charge in [0.15, 0.2) is 11.6 Å². The predicted molar refractivity (Wildman–Crippen MR) is 305 cm³/mol. The molecule has 3 atom stereocenters. The van der Waals surface area contributed by atoms with E-state index in [2.05, 4.69) is 46.4 Å². The number of hydrogen-bond acceptors (Lipinski definition) is 16. The van der Waals surface area contributed by atoms with Gasteiger partial charge in [-0.25, -0.2) is 20.8 Å². The van der Waals surface area contributed by atoms with Crippen molar-refractivity contribution in [3.8, 4) is 27.7 Å². The predicted octanol–water partition coefficient (Wildman–Crippen LogP) is 6.92. The Kier molecular flexibility index (Phi) is 21.4. The number of β-amino-alcohol motifs (C(OH)–C–C–N with tert-alkyl or cyclic N) is 1. The number of anilines is 1. The molecule has 0 radical (unpaired) electrons. The fraction of sp³-hybridized carbons (Fsp3) is 0.431. The number of ether oxygens (including phenoxy) is 1. The Labute approximate surface area is 466 Å². The van der Waals surface area contributed by atoms with Gasteiger partial charge in [-0.05, 0) is 97.5 Å². The number of nitrogens with two attached hydrogens (primary N) is 2. The van der Waals surface area contributed by atoms with Gasteiger partial charge < -0.3 is 51.3 Å². The second-order valence-corrected chi connectivity index (χ2v) is 21.9. The number of likely N-dealkylation sites (tertiary alicyclic amines) is 1. The number of aromatic nitrogens is 6. The number of allylic oxidation sites excluding steroid dienone is 1. The average Bonchev–Trinajstić information content (AvgIpc) is 4.19. The number of unbranched alkanes of at least 4 members (excludes halogenated alkanes) is 5. The fourth-order valence-corrected chi connectivity index (χ4v) is 10.0. The van der Waals surface area contributed by atoms with E-state index in [1.54, 1.807) is 46.9 Å². The number of nitrogens with one attached hydrogen (secondary N) is 4. The molecule has 6 aromatic rings. The summed E-state index contributed by atoms with van der Waals surface area (Å²) in [5, 5.41) is 33.0. The van der Waals surface area contributed by atoms with E-state index in [0.29, 0.717) is 74.1 Å². The number of rotatable bonds is 28. The van der Waals surface area contributed by atoms with Crippen molar-refractivity contribution in [3.05, 3.63) is 137 Å². The molecule has 3 aromatic carbocycles. The number of thiazole rings is 1. The summed E-state index contributed by atoms with van der Waals surface area (Å²) in [5.74, 6) is 7.15. The van der Waals surface area contributed by atoms with Crippen LogP contribution in [0.4, 0.5) is 5.69 Å². The molecule has 20 nitrogen and oxygen atoms in total. The molecular weight excluding hydrogens is 1020 g/mol. The van der Waals surface area contributed by atoms with Crippen molar-refractivity contribution in [2.24, 2.45) is 24.0 Å². The molecule has 0 spiro atoms. The number of nitrogens with zero attached hydrogens (tertiary/aromatic N) is 8. The minimum absolute atomic E-state index is 0.00570. The highest BCUT2D eigenvalue weighted by Gasteiger charge is 2.44. The molecule has 21 heteroatoms. The van der Waals surface area contributed by atoms with E-state index in [0.717, 1.165) is 70.8 Å². The third-order valence-corrected chi connectivity index (χ3v) is 14.7. The number of aliphatic hydroxyl groups excluding tert-OH is 1. The first-order valence-electron chi connectivity index (χ1n) is 27.0. The second kappa shape index (κ2) is 28.7. The monoisotopic (exact) mass is 1100 g/mol. The second-order valence-electron chi connectivity index (χ2n) is 21.1. The molecule has 79 heavy (non-hydrogen) atoms. The topological polar surface area (TPSA) is 274 Å². The smallest absolute Gasteiger partial charge is 0.251 e. The number of aliphatic hydroxyl groups is 1. The van der Waals surface area contributed by atoms with Crippen molar-refractivity contribution in [1.29, 1.82) is 0 Å². The lowest BCUT2D eigenvalue weighted by atomic mass is 9.85. The van der Waals surface area contributed by atoms with E-state index < -0.39 is 29.5 Å². The molecule has 4 heterocycles. The van der Waals surface area contributed by atoms with Crippen molar-refractivity contribution in [2.75, 3.05) is 25.0 Å². The largest absolute Gasteiger partial charge is 0.494 e. The van der Waals surface area contributed by atoms with Gasteiger partial charge in [0.25, 0.3) is 5.91 Å². The van der Waals surface area contributed by atoms with Crippen LogP contribution in [-0.2, 0) is 41.1 Å². The average molecular weight is 1100 g/mol. The van der Waals surface area contributed by atoms with Crippen LogP contribution in [0.1, 0.15) is 118 Å². The molecule has 1 aliphatic heterocycles. The van der Waals surface area contributed by atoms with Gasteiger partial charge in [0.2, 0.25) is 17.7 Å². The highest BCUT2D eigenvalue weighted by atomic mass is 32.1. The van der Waals surface area contributed by atoms with Gasteiger partial charge in [0.1, 0.15) is 29.9 Å². The fourth-order valence-electron chi connectivity index (χ4n) is 9.23. The Bertz CT molecular complexity index is 2980. The minimum atomic E-state index is -0.901. The Balaban J connectivity index is 0.730. The van der Waals surface area contributed by atoms with Crippen LogP contribution in [0.2, 0.25) is 0 Å². The number of hydrazine groups is 1. The first-order chi connectivity index (χ1) is 38.0. The van der Waals surface area contributed by atoms with Gasteiger partial charge >= 0.3 is 0 Å². The number of amides is 4. The Morgan fingerprint density at radius 1 is 0.886 bits per heavy atom. The molecule has 9 N–H and O–H groups in total. The van der Waals surface area contributed by atoms with Crippen LogP contribution < -0.4 is 37.6 Å². The molecule has 1 saturated heterocycles. The minimum Gasteiger partial charge on any atom is -0.494 e. The molecule has 0 bridgehead atoms. The lowest BCUT2D eigenvalue weighted by molar-refractivity contribution is -0.144. The van der Waals surface area contributed by atoms with E-state index in [1.807, 2.05) is 105 Å². The quantitative estimate of drug-likeness (QED) is 0.0149. The first-order valence-corrected chi connectivity index (χ1v) is 27.9. The molecule has 3 aromatic heterocycles. The van der Waals surface area contributed by atoms with E-state index >= 15 is 0 Å². The van der Waals surface area contributed by atoms with Gasteiger partial charge in [-0.15, -0.1) is 21.5 Å². The molecule has 7 rings (SSSR count). The third-order valence-electron chi connectivity index (χ3n) is 13.7. The van der Waals surface area contributed by atoms with Crippen LogP contribution in [0.5, 0.6) is 5.75 Å². The van der Waals surface area contributed by atoms with Gasteiger partial charge in [0.05, 0.1) is 35.3 Å². The number of carbonyl (C=O) groups excluding carboxylic acids is 4. The van der Waals surface area contributed by atoms with Crippen LogP contribution in [0.25, 0.3) is 22.0 Å². The van der Waals surface area contributed by atoms with Gasteiger partial charge in [-0.2, -0.15) is 0 Å². The Morgan fingerprint density at radius 3 is 2.41 bits per heavy atom. The van der Waals surface area contributed by atoms with Gasteiger partial charge in [0, 0.05) is 75.4 Å². The maximum atomic E-state index is 14.1. The molecule has 4 amide bonds. The van der Waals surface area contributed by atoms with Crippen molar-refractivity contribution < 1.29 is 29.0 Å². The van der Waals surface area contributed by atoms with E-state index in [9.17, 15) is 24.3 Å². The normalized spacial score (nSPS) is 14.9. The molecule has 0 aliphatic carbocycles. The van der Waals surface area contributed by atoms with Gasteiger partial charge in [-0.1, -0.05) is 82.5 Å². The van der Waals surface area contributed by atoms with Crippen LogP contribution in [0.15, 0.2) is 109 Å². The summed E-state index contributed by atoms with van der Waals surface area (Å²) >= 11 is 1.58. The number of carbonyl (C=O) groups is 4. The lowest BCUT2D eigenvalue weighted by Crippen LogP contribution is -2.57. The molecular formula is C58H76N14O6S. The van der Waals surface area contributed by atoms with Crippen LogP contribution in [-0.4, -0.2) is 106 Å². The maximum absolute atomic E-state index is 14.1. The van der Waals surface area contributed by atoms with E-state index in [4.69, 9.17) is 16.3 Å². The summed E-state index contributed by atoms with van der Waals surface area (Å²) in [6.07, 6.45) is 11.0. The highest BCUT2D eigenvalue weighted by Crippen LogP contribution is 2.29. The van der Waals surface area contributed by atoms with Gasteiger partial charge in [-0.3, -0.25) is 19.2 Å². The van der Waals surface area contributed by atoms with Crippen LogP contribution in [0.3, 0.4) is 0 Å². The zero-order chi connectivity index (χ0) is 56.3. The van der Waals surface area contributed by atoms with E-state index in [1.165, 1.54) is 11.2 Å². The number of benzene rings is 3. The maximum Gasteiger partial charge on any atom is 0.251 e. The summed E-state index contributed by atoms with van der Waals surface area (Å²) < 4.78 is 7.92. The Morgan fingerprint density at radius 2 is 1.65 bits per heavy atom. The third kappa shape index (κ3) is 17.6. The highest BCUT2D eigenvalue weighted by molar-refractivity contribution is 7.13. The molecule has 1 aliphatic rings. The van der Waals surface area contributed by atoms with E-state index in [-0.39, 0.29) is 43.7 Å². The standard InChI is InChI=1S/C58H76N14O6S/c1-39-52(79-38-66-39)42-23-21-40(22-24-42)32-64-56(76)49-31-46(73)36-72(49)57(77)53(58(2,3)4)67-51(74)20-10-9-17-44(59)35-71(60)27-11-7-6-8-12-28-78-47-19-13-15-41(29-47)33-63-55(75)43-16-14-18-45(30-43)62-34-50-68-69-54(70(50)5)48-25-26-61-37-65-48/h13-16,18-19,21-26,29-30,35,37-38,46,49,53,62,73H,6-12,17,20,27-28,31-34,36,59-60H2,1-5H3,(H,63,75)(H,64,76)(H,67,74)/b44-35-/t46-,49+,53-/m1/s1. The van der Waals surface area contributed by atoms with Crippen molar-refractivity contribution in [3.63, 3.8) is 0 Å². The first kappa shape index (κ1) is 58.9. The molecule has 1 fully saturated rings. The molecule has 0 unspecified atom stereocenters.